The first-order chi connectivity index (χ1) is 12.9. The highest BCUT2D eigenvalue weighted by Crippen LogP contribution is 2.22. The number of piperidine rings is 1. The van der Waals surface area contributed by atoms with Crippen LogP contribution in [0.1, 0.15) is 46.5 Å². The number of rotatable bonds is 6. The zero-order valence-electron chi connectivity index (χ0n) is 16.8. The number of urea groups is 1. The molecule has 0 bridgehead atoms. The van der Waals surface area contributed by atoms with Gasteiger partial charge in [-0.3, -0.25) is 19.8 Å². The highest BCUT2D eigenvalue weighted by atomic mass is 16.5. The van der Waals surface area contributed by atoms with Gasteiger partial charge in [0.25, 0.3) is 0 Å². The number of hydrogen-bond donors (Lipinski definition) is 2. The van der Waals surface area contributed by atoms with Gasteiger partial charge >= 0.3 is 6.03 Å². The van der Waals surface area contributed by atoms with E-state index >= 15 is 0 Å². The second-order valence-corrected chi connectivity index (χ2v) is 7.71. The smallest absolute Gasteiger partial charge is 0.321 e. The summed E-state index contributed by atoms with van der Waals surface area (Å²) in [5.74, 6) is -0.0832. The van der Waals surface area contributed by atoms with E-state index in [4.69, 9.17) is 4.74 Å². The van der Waals surface area contributed by atoms with Crippen LogP contribution in [0.5, 0.6) is 0 Å². The Labute approximate surface area is 162 Å². The molecule has 4 amide bonds. The average molecular weight is 383 g/mol. The first kappa shape index (κ1) is 21.6. The number of carbonyl (C=O) groups is 3. The predicted octanol–water partition coefficient (Wildman–Crippen LogP) is 0.960. The van der Waals surface area contributed by atoms with E-state index < -0.39 is 6.03 Å². The van der Waals surface area contributed by atoms with Gasteiger partial charge in [-0.2, -0.15) is 0 Å². The Morgan fingerprint density at radius 2 is 1.70 bits per heavy atom. The van der Waals surface area contributed by atoms with Gasteiger partial charge in [0.1, 0.15) is 0 Å². The molecule has 0 aliphatic carbocycles. The highest BCUT2D eigenvalue weighted by molar-refractivity contribution is 5.95. The Balaban J connectivity index is 1.69. The fraction of sp³-hybridized carbons (Fsp3) is 0.842. The molecule has 8 nitrogen and oxygen atoms in total. The molecule has 0 spiro atoms. The summed E-state index contributed by atoms with van der Waals surface area (Å²) in [6.07, 6.45) is 3.52. The zero-order chi connectivity index (χ0) is 19.8. The number of morpholine rings is 1. The van der Waals surface area contributed by atoms with Crippen molar-refractivity contribution < 1.29 is 19.1 Å². The van der Waals surface area contributed by atoms with E-state index in [1.54, 1.807) is 0 Å². The van der Waals surface area contributed by atoms with Crippen LogP contribution in [-0.2, 0) is 14.3 Å². The van der Waals surface area contributed by atoms with Gasteiger partial charge in [-0.25, -0.2) is 4.79 Å². The molecular formula is C19H34N4O4. The Morgan fingerprint density at radius 1 is 1.07 bits per heavy atom. The molecule has 154 valence electrons. The van der Waals surface area contributed by atoms with E-state index in [2.05, 4.69) is 10.6 Å². The maximum atomic E-state index is 12.8. The third-order valence-corrected chi connectivity index (χ3v) is 5.10. The normalized spacial score (nSPS) is 24.5. The standard InChI is InChI=1S/C19H34N4O4/c1-4-5-8-20-19(26)21-17(24)13-22-9-6-16(7-10-22)18(25)23-11-14(2)27-15(3)12-23/h14-16H,4-13H2,1-3H3,(H2,20,21,24,26)/t14-,15-/m0/s1. The van der Waals surface area contributed by atoms with Crippen LogP contribution >= 0.6 is 0 Å². The lowest BCUT2D eigenvalue weighted by atomic mass is 9.94. The predicted molar refractivity (Wildman–Crippen MR) is 102 cm³/mol. The van der Waals surface area contributed by atoms with E-state index in [9.17, 15) is 14.4 Å². The maximum absolute atomic E-state index is 12.8. The summed E-state index contributed by atoms with van der Waals surface area (Å²) in [6.45, 7) is 9.48. The molecule has 0 aromatic carbocycles. The molecule has 2 fully saturated rings. The number of nitrogens with one attached hydrogen (secondary N) is 2. The number of nitrogens with zero attached hydrogens (tertiary/aromatic N) is 2. The molecule has 0 aromatic rings. The van der Waals surface area contributed by atoms with Crippen molar-refractivity contribution in [3.8, 4) is 0 Å². The molecule has 2 saturated heterocycles. The van der Waals surface area contributed by atoms with Crippen molar-refractivity contribution in [1.82, 2.24) is 20.4 Å². The molecule has 0 aromatic heterocycles. The van der Waals surface area contributed by atoms with Crippen LogP contribution in [0.3, 0.4) is 0 Å². The highest BCUT2D eigenvalue weighted by Gasteiger charge is 2.32. The minimum absolute atomic E-state index is 0.0131. The van der Waals surface area contributed by atoms with E-state index in [0.29, 0.717) is 32.7 Å². The third kappa shape index (κ3) is 7.10. The van der Waals surface area contributed by atoms with Crippen LogP contribution in [0.4, 0.5) is 4.79 Å². The second kappa shape index (κ2) is 10.6. The topological polar surface area (TPSA) is 91.0 Å². The quantitative estimate of drug-likeness (QED) is 0.668. The summed E-state index contributed by atoms with van der Waals surface area (Å²) in [6, 6.07) is -0.436. The Kier molecular flexibility index (Phi) is 8.50. The molecule has 0 saturated carbocycles. The molecule has 2 aliphatic rings. The van der Waals surface area contributed by atoms with Gasteiger partial charge in [-0.1, -0.05) is 13.3 Å². The van der Waals surface area contributed by atoms with Gasteiger partial charge in [0.15, 0.2) is 0 Å². The van der Waals surface area contributed by atoms with Crippen LogP contribution < -0.4 is 10.6 Å². The van der Waals surface area contributed by atoms with Gasteiger partial charge in [0.05, 0.1) is 18.8 Å². The lowest BCUT2D eigenvalue weighted by Gasteiger charge is -2.39. The Morgan fingerprint density at radius 3 is 2.30 bits per heavy atom. The average Bonchev–Trinajstić information content (AvgIpc) is 2.61. The first-order valence-electron chi connectivity index (χ1n) is 10.1. The molecule has 27 heavy (non-hydrogen) atoms. The van der Waals surface area contributed by atoms with E-state index in [-0.39, 0.29) is 36.5 Å². The van der Waals surface area contributed by atoms with Crippen molar-refractivity contribution in [2.24, 2.45) is 5.92 Å². The summed E-state index contributed by atoms with van der Waals surface area (Å²) in [4.78, 5) is 40.3. The summed E-state index contributed by atoms with van der Waals surface area (Å²) >= 11 is 0. The number of amides is 4. The SMILES string of the molecule is CCCCNC(=O)NC(=O)CN1CCC(C(=O)N2C[C@H](C)O[C@@H](C)C2)CC1. The fourth-order valence-electron chi connectivity index (χ4n) is 3.75. The molecule has 2 rings (SSSR count). The molecule has 2 atom stereocenters. The van der Waals surface area contributed by atoms with Gasteiger partial charge in [-0.15, -0.1) is 0 Å². The largest absolute Gasteiger partial charge is 0.372 e. The van der Waals surface area contributed by atoms with Gasteiger partial charge in [0.2, 0.25) is 11.8 Å². The summed E-state index contributed by atoms with van der Waals surface area (Å²) in [5.41, 5.74) is 0. The number of hydrogen-bond acceptors (Lipinski definition) is 5. The number of carbonyl (C=O) groups excluding carboxylic acids is 3. The molecule has 2 heterocycles. The summed E-state index contributed by atoms with van der Waals surface area (Å²) in [5, 5.41) is 5.03. The van der Waals surface area contributed by atoms with E-state index in [1.165, 1.54) is 0 Å². The monoisotopic (exact) mass is 382 g/mol. The molecule has 2 aliphatic heterocycles. The fourth-order valence-corrected chi connectivity index (χ4v) is 3.75. The summed E-state index contributed by atoms with van der Waals surface area (Å²) in [7, 11) is 0. The second-order valence-electron chi connectivity index (χ2n) is 7.71. The lowest BCUT2D eigenvalue weighted by Crippen LogP contribution is -2.52. The molecular weight excluding hydrogens is 348 g/mol. The maximum Gasteiger partial charge on any atom is 0.321 e. The summed E-state index contributed by atoms with van der Waals surface area (Å²) < 4.78 is 5.70. The van der Waals surface area contributed by atoms with Gasteiger partial charge < -0.3 is 15.0 Å². The third-order valence-electron chi connectivity index (χ3n) is 5.10. The van der Waals surface area contributed by atoms with Crippen LogP contribution in [0, 0.1) is 5.92 Å². The van der Waals surface area contributed by atoms with Crippen molar-refractivity contribution in [2.75, 3.05) is 39.3 Å². The van der Waals surface area contributed by atoms with Crippen LogP contribution in [-0.4, -0.2) is 79.1 Å². The van der Waals surface area contributed by atoms with E-state index in [0.717, 1.165) is 25.7 Å². The minimum Gasteiger partial charge on any atom is -0.372 e. The van der Waals surface area contributed by atoms with E-state index in [1.807, 2.05) is 30.6 Å². The van der Waals surface area contributed by atoms with Crippen molar-refractivity contribution in [3.63, 3.8) is 0 Å². The molecule has 8 heteroatoms. The van der Waals surface area contributed by atoms with Crippen molar-refractivity contribution in [3.05, 3.63) is 0 Å². The Bertz CT molecular complexity index is 510. The number of imide groups is 1. The molecule has 0 unspecified atom stereocenters. The van der Waals surface area contributed by atoms with Gasteiger partial charge in [-0.05, 0) is 46.2 Å². The minimum atomic E-state index is -0.436. The van der Waals surface area contributed by atoms with Crippen LogP contribution in [0.2, 0.25) is 0 Å². The van der Waals surface area contributed by atoms with Crippen LogP contribution in [0.15, 0.2) is 0 Å². The van der Waals surface area contributed by atoms with Crippen molar-refractivity contribution >= 4 is 17.8 Å². The van der Waals surface area contributed by atoms with Gasteiger partial charge in [0, 0.05) is 25.6 Å². The zero-order valence-corrected chi connectivity index (χ0v) is 16.8. The van der Waals surface area contributed by atoms with Crippen molar-refractivity contribution in [1.29, 1.82) is 0 Å². The first-order valence-corrected chi connectivity index (χ1v) is 10.1. The van der Waals surface area contributed by atoms with Crippen LogP contribution in [0.25, 0.3) is 0 Å². The number of likely N-dealkylation sites (tertiary alicyclic amines) is 1. The number of unbranched alkanes of at least 4 members (excludes halogenated alkanes) is 1. The lowest BCUT2D eigenvalue weighted by molar-refractivity contribution is -0.148. The van der Waals surface area contributed by atoms with Crippen molar-refractivity contribution in [2.45, 2.75) is 58.7 Å². The molecule has 2 N–H and O–H groups in total. The number of ether oxygens (including phenoxy) is 1. The molecule has 0 radical (unpaired) electrons. The Hall–Kier alpha value is -1.67.